The van der Waals surface area contributed by atoms with Crippen LogP contribution in [0.4, 0.5) is 0 Å². The summed E-state index contributed by atoms with van der Waals surface area (Å²) >= 11 is 5.02. The molecule has 0 unspecified atom stereocenters. The van der Waals surface area contributed by atoms with Crippen molar-refractivity contribution in [2.24, 2.45) is 0 Å². The molecule has 1 N–H and O–H groups in total. The molecule has 76 valence electrons. The average molecular weight is 216 g/mol. The van der Waals surface area contributed by atoms with Gasteiger partial charge < -0.3 is 4.98 Å². The zero-order chi connectivity index (χ0) is 10.8. The fraction of sp³-hybridized carbons (Fsp3) is 0.167. The zero-order valence-electron chi connectivity index (χ0n) is 8.74. The Labute approximate surface area is 94.0 Å². The summed E-state index contributed by atoms with van der Waals surface area (Å²) < 4.78 is 0.524. The van der Waals surface area contributed by atoms with Crippen LogP contribution in [-0.4, -0.2) is 9.97 Å². The minimum absolute atomic E-state index is 0.524. The predicted octanol–water partition coefficient (Wildman–Crippen LogP) is 3.42. The zero-order valence-corrected chi connectivity index (χ0v) is 9.56. The van der Waals surface area contributed by atoms with Crippen molar-refractivity contribution in [3.05, 3.63) is 46.4 Å². The Bertz CT molecular complexity index is 526. The van der Waals surface area contributed by atoms with Crippen molar-refractivity contribution in [2.75, 3.05) is 0 Å². The third-order valence-electron chi connectivity index (χ3n) is 2.34. The second-order valence-electron chi connectivity index (χ2n) is 3.61. The van der Waals surface area contributed by atoms with Crippen molar-refractivity contribution in [1.29, 1.82) is 0 Å². The van der Waals surface area contributed by atoms with Crippen LogP contribution in [0.3, 0.4) is 0 Å². The van der Waals surface area contributed by atoms with Gasteiger partial charge in [-0.1, -0.05) is 29.8 Å². The van der Waals surface area contributed by atoms with Crippen LogP contribution < -0.4 is 0 Å². The van der Waals surface area contributed by atoms with Gasteiger partial charge in [-0.3, -0.25) is 0 Å². The number of hydrogen-bond acceptors (Lipinski definition) is 2. The lowest BCUT2D eigenvalue weighted by Gasteiger charge is -2.05. The Kier molecular flexibility index (Phi) is 2.64. The first-order chi connectivity index (χ1) is 7.16. The third kappa shape index (κ3) is 2.13. The fourth-order valence-corrected chi connectivity index (χ4v) is 1.63. The second-order valence-corrected chi connectivity index (χ2v) is 4.00. The molecule has 0 saturated carbocycles. The lowest BCUT2D eigenvalue weighted by molar-refractivity contribution is 1.11. The van der Waals surface area contributed by atoms with Crippen molar-refractivity contribution >= 4 is 12.2 Å². The maximum absolute atomic E-state index is 5.02. The Morgan fingerprint density at radius 2 is 1.80 bits per heavy atom. The third-order valence-corrected chi connectivity index (χ3v) is 2.55. The van der Waals surface area contributed by atoms with Crippen LogP contribution in [0.1, 0.15) is 11.1 Å². The van der Waals surface area contributed by atoms with Crippen LogP contribution >= 0.6 is 12.2 Å². The molecule has 15 heavy (non-hydrogen) atoms. The molecule has 0 aliphatic carbocycles. The SMILES string of the molecule is Cc1ccc(-c2[nH]c(=S)ncc2C)cc1. The van der Waals surface area contributed by atoms with Crippen LogP contribution in [0.25, 0.3) is 11.3 Å². The second kappa shape index (κ2) is 3.95. The van der Waals surface area contributed by atoms with E-state index in [1.165, 1.54) is 5.56 Å². The molecule has 1 aromatic carbocycles. The summed E-state index contributed by atoms with van der Waals surface area (Å²) in [5.41, 5.74) is 4.55. The van der Waals surface area contributed by atoms with E-state index < -0.39 is 0 Å². The van der Waals surface area contributed by atoms with Gasteiger partial charge in [0, 0.05) is 6.20 Å². The van der Waals surface area contributed by atoms with Gasteiger partial charge in [0.1, 0.15) is 0 Å². The molecule has 1 heterocycles. The van der Waals surface area contributed by atoms with E-state index in [2.05, 4.69) is 41.2 Å². The number of aromatic amines is 1. The van der Waals surface area contributed by atoms with Gasteiger partial charge in [0.25, 0.3) is 0 Å². The summed E-state index contributed by atoms with van der Waals surface area (Å²) in [6.45, 7) is 4.10. The molecule has 0 aliphatic heterocycles. The molecule has 0 aliphatic rings. The van der Waals surface area contributed by atoms with E-state index in [1.54, 1.807) is 6.20 Å². The Hall–Kier alpha value is -1.48. The number of aryl methyl sites for hydroxylation is 2. The number of aromatic nitrogens is 2. The molecule has 0 fully saturated rings. The average Bonchev–Trinajstić information content (AvgIpc) is 2.23. The molecule has 0 radical (unpaired) electrons. The molecular weight excluding hydrogens is 204 g/mol. The summed E-state index contributed by atoms with van der Waals surface area (Å²) in [7, 11) is 0. The van der Waals surface area contributed by atoms with Crippen molar-refractivity contribution < 1.29 is 0 Å². The van der Waals surface area contributed by atoms with Crippen LogP contribution in [0, 0.1) is 18.6 Å². The summed E-state index contributed by atoms with van der Waals surface area (Å²) in [5, 5.41) is 0. The number of H-pyrrole nitrogens is 1. The number of benzene rings is 1. The summed E-state index contributed by atoms with van der Waals surface area (Å²) in [6, 6.07) is 8.35. The molecule has 2 nitrogen and oxygen atoms in total. The molecule has 2 aromatic rings. The van der Waals surface area contributed by atoms with E-state index in [-0.39, 0.29) is 0 Å². The highest BCUT2D eigenvalue weighted by atomic mass is 32.1. The van der Waals surface area contributed by atoms with Gasteiger partial charge in [-0.25, -0.2) is 4.98 Å². The fourth-order valence-electron chi connectivity index (χ4n) is 1.48. The molecule has 0 bridgehead atoms. The Balaban J connectivity index is 2.58. The lowest BCUT2D eigenvalue weighted by atomic mass is 10.1. The smallest absolute Gasteiger partial charge is 0.197 e. The monoisotopic (exact) mass is 216 g/mol. The summed E-state index contributed by atoms with van der Waals surface area (Å²) in [4.78, 5) is 7.16. The maximum Gasteiger partial charge on any atom is 0.197 e. The Morgan fingerprint density at radius 3 is 2.47 bits per heavy atom. The van der Waals surface area contributed by atoms with Crippen molar-refractivity contribution in [3.63, 3.8) is 0 Å². The summed E-state index contributed by atoms with van der Waals surface area (Å²) in [5.74, 6) is 0. The number of hydrogen-bond donors (Lipinski definition) is 1. The van der Waals surface area contributed by atoms with Gasteiger partial charge in [-0.15, -0.1) is 0 Å². The number of rotatable bonds is 1. The highest BCUT2D eigenvalue weighted by molar-refractivity contribution is 7.71. The van der Waals surface area contributed by atoms with E-state index >= 15 is 0 Å². The highest BCUT2D eigenvalue weighted by Crippen LogP contribution is 2.20. The molecule has 3 heteroatoms. The van der Waals surface area contributed by atoms with Crippen molar-refractivity contribution in [2.45, 2.75) is 13.8 Å². The van der Waals surface area contributed by atoms with Crippen LogP contribution in [0.2, 0.25) is 0 Å². The quantitative estimate of drug-likeness (QED) is 0.740. The highest BCUT2D eigenvalue weighted by Gasteiger charge is 2.01. The maximum atomic E-state index is 5.02. The van der Waals surface area contributed by atoms with Gasteiger partial charge in [0.15, 0.2) is 4.77 Å². The molecule has 0 saturated heterocycles. The molecule has 0 amide bonds. The first kappa shape index (κ1) is 10.1. The standard InChI is InChI=1S/C12H12N2S/c1-8-3-5-10(6-4-8)11-9(2)7-13-12(15)14-11/h3-7H,1-2H3,(H,13,14,15). The van der Waals surface area contributed by atoms with Crippen LogP contribution in [-0.2, 0) is 0 Å². The largest absolute Gasteiger partial charge is 0.330 e. The topological polar surface area (TPSA) is 28.7 Å². The van der Waals surface area contributed by atoms with E-state index in [9.17, 15) is 0 Å². The molecule has 0 spiro atoms. The van der Waals surface area contributed by atoms with Crippen LogP contribution in [0.15, 0.2) is 30.5 Å². The number of nitrogens with one attached hydrogen (secondary N) is 1. The van der Waals surface area contributed by atoms with E-state index in [0.29, 0.717) is 4.77 Å². The molecule has 0 atom stereocenters. The minimum Gasteiger partial charge on any atom is -0.330 e. The molecule has 2 rings (SSSR count). The normalized spacial score (nSPS) is 10.3. The van der Waals surface area contributed by atoms with Gasteiger partial charge in [0.05, 0.1) is 5.69 Å². The van der Waals surface area contributed by atoms with Gasteiger partial charge in [-0.05, 0) is 37.2 Å². The van der Waals surface area contributed by atoms with Gasteiger partial charge >= 0.3 is 0 Å². The van der Waals surface area contributed by atoms with Crippen molar-refractivity contribution in [1.82, 2.24) is 9.97 Å². The van der Waals surface area contributed by atoms with E-state index in [1.807, 2.05) is 6.92 Å². The first-order valence-corrected chi connectivity index (χ1v) is 5.20. The Morgan fingerprint density at radius 1 is 1.13 bits per heavy atom. The molecule has 1 aromatic heterocycles. The van der Waals surface area contributed by atoms with E-state index in [0.717, 1.165) is 16.8 Å². The van der Waals surface area contributed by atoms with Gasteiger partial charge in [-0.2, -0.15) is 0 Å². The molecular formula is C12H12N2S. The van der Waals surface area contributed by atoms with E-state index in [4.69, 9.17) is 12.2 Å². The van der Waals surface area contributed by atoms with Gasteiger partial charge in [0.2, 0.25) is 0 Å². The predicted molar refractivity (Wildman–Crippen MR) is 64.3 cm³/mol. The summed E-state index contributed by atoms with van der Waals surface area (Å²) in [6.07, 6.45) is 1.80. The first-order valence-electron chi connectivity index (χ1n) is 4.80. The van der Waals surface area contributed by atoms with Crippen molar-refractivity contribution in [3.8, 4) is 11.3 Å². The minimum atomic E-state index is 0.524. The number of nitrogens with zero attached hydrogens (tertiary/aromatic N) is 1. The lowest BCUT2D eigenvalue weighted by Crippen LogP contribution is -1.91. The van der Waals surface area contributed by atoms with Crippen LogP contribution in [0.5, 0.6) is 0 Å².